The second-order valence-corrected chi connectivity index (χ2v) is 2.39. The Morgan fingerprint density at radius 3 is 3.00 bits per heavy atom. The number of halogens is 1. The SMILES string of the molecule is C=C(CCl)Cn1ccnc1. The molecule has 0 fully saturated rings. The molecule has 0 saturated carbocycles. The highest BCUT2D eigenvalue weighted by Gasteiger charge is 1.91. The second kappa shape index (κ2) is 3.42. The number of imidazole rings is 1. The van der Waals surface area contributed by atoms with E-state index in [1.807, 2.05) is 10.8 Å². The topological polar surface area (TPSA) is 17.8 Å². The summed E-state index contributed by atoms with van der Waals surface area (Å²) in [4.78, 5) is 3.89. The monoisotopic (exact) mass is 156 g/mol. The molecule has 3 heteroatoms. The van der Waals surface area contributed by atoms with Gasteiger partial charge in [-0.15, -0.1) is 11.6 Å². The molecule has 0 aromatic carbocycles. The van der Waals surface area contributed by atoms with Crippen molar-refractivity contribution in [2.45, 2.75) is 6.54 Å². The number of hydrogen-bond donors (Lipinski definition) is 0. The predicted molar refractivity (Wildman–Crippen MR) is 42.1 cm³/mol. The van der Waals surface area contributed by atoms with Gasteiger partial charge in [-0.05, 0) is 5.57 Å². The first-order valence-electron chi connectivity index (χ1n) is 3.01. The van der Waals surface area contributed by atoms with Gasteiger partial charge in [0.2, 0.25) is 0 Å². The smallest absolute Gasteiger partial charge is 0.0948 e. The van der Waals surface area contributed by atoms with Crippen LogP contribution in [-0.4, -0.2) is 15.4 Å². The van der Waals surface area contributed by atoms with Gasteiger partial charge in [0.25, 0.3) is 0 Å². The van der Waals surface area contributed by atoms with E-state index in [4.69, 9.17) is 11.6 Å². The summed E-state index contributed by atoms with van der Waals surface area (Å²) in [5.41, 5.74) is 1.000. The van der Waals surface area contributed by atoms with E-state index in [1.54, 1.807) is 12.5 Å². The minimum Gasteiger partial charge on any atom is -0.333 e. The molecule has 0 radical (unpaired) electrons. The van der Waals surface area contributed by atoms with Gasteiger partial charge in [0, 0.05) is 24.8 Å². The van der Waals surface area contributed by atoms with E-state index in [1.165, 1.54) is 0 Å². The van der Waals surface area contributed by atoms with Crippen LogP contribution in [0, 0.1) is 0 Å². The summed E-state index contributed by atoms with van der Waals surface area (Å²) in [6.07, 6.45) is 5.37. The Labute approximate surface area is 65.1 Å². The van der Waals surface area contributed by atoms with Crippen LogP contribution < -0.4 is 0 Å². The molecule has 0 aliphatic rings. The molecule has 0 unspecified atom stereocenters. The maximum atomic E-state index is 5.54. The van der Waals surface area contributed by atoms with E-state index in [9.17, 15) is 0 Å². The van der Waals surface area contributed by atoms with E-state index in [2.05, 4.69) is 11.6 Å². The van der Waals surface area contributed by atoms with Crippen molar-refractivity contribution >= 4 is 11.6 Å². The average molecular weight is 157 g/mol. The quantitative estimate of drug-likeness (QED) is 0.481. The Bertz CT molecular complexity index is 203. The van der Waals surface area contributed by atoms with Crippen LogP contribution in [0.15, 0.2) is 30.9 Å². The molecule has 1 heterocycles. The molecule has 10 heavy (non-hydrogen) atoms. The van der Waals surface area contributed by atoms with Crippen molar-refractivity contribution in [2.75, 3.05) is 5.88 Å². The van der Waals surface area contributed by atoms with Crippen molar-refractivity contribution < 1.29 is 0 Å². The van der Waals surface area contributed by atoms with Crippen LogP contribution in [0.5, 0.6) is 0 Å². The fourth-order valence-corrected chi connectivity index (χ4v) is 0.765. The van der Waals surface area contributed by atoms with Crippen LogP contribution in [0.25, 0.3) is 0 Å². The Morgan fingerprint density at radius 1 is 1.70 bits per heavy atom. The van der Waals surface area contributed by atoms with Crippen LogP contribution in [-0.2, 0) is 6.54 Å². The molecule has 1 rings (SSSR count). The van der Waals surface area contributed by atoms with Crippen molar-refractivity contribution in [1.82, 2.24) is 9.55 Å². The third kappa shape index (κ3) is 1.88. The molecule has 0 aliphatic carbocycles. The lowest BCUT2D eigenvalue weighted by Gasteiger charge is -2.00. The summed E-state index contributed by atoms with van der Waals surface area (Å²) in [5, 5.41) is 0. The van der Waals surface area contributed by atoms with E-state index >= 15 is 0 Å². The first kappa shape index (κ1) is 7.35. The minimum atomic E-state index is 0.512. The molecule has 1 aromatic rings. The highest BCUT2D eigenvalue weighted by atomic mass is 35.5. The number of nitrogens with zero attached hydrogens (tertiary/aromatic N) is 2. The molecule has 0 amide bonds. The molecule has 1 aromatic heterocycles. The molecule has 0 bridgehead atoms. The molecule has 0 spiro atoms. The highest BCUT2D eigenvalue weighted by molar-refractivity contribution is 6.19. The number of aromatic nitrogens is 2. The lowest BCUT2D eigenvalue weighted by Crippen LogP contribution is -1.97. The lowest BCUT2D eigenvalue weighted by atomic mass is 10.3. The summed E-state index contributed by atoms with van der Waals surface area (Å²) in [6.45, 7) is 4.53. The average Bonchev–Trinajstić information content (AvgIpc) is 2.40. The molecule has 2 nitrogen and oxygen atoms in total. The van der Waals surface area contributed by atoms with E-state index in [-0.39, 0.29) is 0 Å². The molecule has 0 N–H and O–H groups in total. The maximum absolute atomic E-state index is 5.54. The first-order chi connectivity index (χ1) is 4.83. The van der Waals surface area contributed by atoms with Crippen LogP contribution in [0.4, 0.5) is 0 Å². The van der Waals surface area contributed by atoms with Gasteiger partial charge in [0.15, 0.2) is 0 Å². The molecular formula is C7H9ClN2. The third-order valence-electron chi connectivity index (χ3n) is 1.15. The standard InChI is InChI=1S/C7H9ClN2/c1-7(4-8)5-10-3-2-9-6-10/h2-3,6H,1,4-5H2. The summed E-state index contributed by atoms with van der Waals surface area (Å²) >= 11 is 5.54. The number of rotatable bonds is 3. The Balaban J connectivity index is 2.48. The van der Waals surface area contributed by atoms with Gasteiger partial charge < -0.3 is 4.57 Å². The van der Waals surface area contributed by atoms with Crippen molar-refractivity contribution in [1.29, 1.82) is 0 Å². The lowest BCUT2D eigenvalue weighted by molar-refractivity contribution is 0.786. The van der Waals surface area contributed by atoms with Crippen molar-refractivity contribution in [3.63, 3.8) is 0 Å². The Kier molecular flexibility index (Phi) is 2.51. The van der Waals surface area contributed by atoms with Gasteiger partial charge in [0.05, 0.1) is 6.33 Å². The predicted octanol–water partition coefficient (Wildman–Crippen LogP) is 1.68. The summed E-state index contributed by atoms with van der Waals surface area (Å²) in [5.74, 6) is 0.512. The number of alkyl halides is 1. The van der Waals surface area contributed by atoms with Crippen molar-refractivity contribution in [2.24, 2.45) is 0 Å². The minimum absolute atomic E-state index is 0.512. The normalized spacial score (nSPS) is 9.70. The fourth-order valence-electron chi connectivity index (χ4n) is 0.681. The summed E-state index contributed by atoms with van der Waals surface area (Å²) in [6, 6.07) is 0. The fraction of sp³-hybridized carbons (Fsp3) is 0.286. The maximum Gasteiger partial charge on any atom is 0.0948 e. The van der Waals surface area contributed by atoms with Gasteiger partial charge >= 0.3 is 0 Å². The molecule has 54 valence electrons. The highest BCUT2D eigenvalue weighted by Crippen LogP contribution is 1.98. The Hall–Kier alpha value is -0.760. The van der Waals surface area contributed by atoms with Gasteiger partial charge in [-0.25, -0.2) is 4.98 Å². The van der Waals surface area contributed by atoms with Crippen LogP contribution in [0.2, 0.25) is 0 Å². The molecular weight excluding hydrogens is 148 g/mol. The zero-order valence-electron chi connectivity index (χ0n) is 5.63. The van der Waals surface area contributed by atoms with Crippen LogP contribution in [0.3, 0.4) is 0 Å². The van der Waals surface area contributed by atoms with Gasteiger partial charge in [-0.2, -0.15) is 0 Å². The summed E-state index contributed by atoms with van der Waals surface area (Å²) < 4.78 is 1.94. The molecule has 0 atom stereocenters. The van der Waals surface area contributed by atoms with Crippen LogP contribution in [0.1, 0.15) is 0 Å². The largest absolute Gasteiger partial charge is 0.333 e. The number of allylic oxidation sites excluding steroid dienone is 1. The zero-order valence-corrected chi connectivity index (χ0v) is 6.38. The Morgan fingerprint density at radius 2 is 2.50 bits per heavy atom. The van der Waals surface area contributed by atoms with E-state index in [0.717, 1.165) is 12.1 Å². The van der Waals surface area contributed by atoms with Gasteiger partial charge in [0.1, 0.15) is 0 Å². The number of hydrogen-bond acceptors (Lipinski definition) is 1. The van der Waals surface area contributed by atoms with Gasteiger partial charge in [-0.1, -0.05) is 6.58 Å². The first-order valence-corrected chi connectivity index (χ1v) is 3.54. The van der Waals surface area contributed by atoms with Crippen molar-refractivity contribution in [3.05, 3.63) is 30.9 Å². The van der Waals surface area contributed by atoms with E-state index < -0.39 is 0 Å². The van der Waals surface area contributed by atoms with Crippen LogP contribution >= 0.6 is 11.6 Å². The molecule has 0 aliphatic heterocycles. The third-order valence-corrected chi connectivity index (χ3v) is 1.53. The zero-order chi connectivity index (χ0) is 7.40. The van der Waals surface area contributed by atoms with Gasteiger partial charge in [-0.3, -0.25) is 0 Å². The van der Waals surface area contributed by atoms with Crippen molar-refractivity contribution in [3.8, 4) is 0 Å². The van der Waals surface area contributed by atoms with E-state index in [0.29, 0.717) is 5.88 Å². The second-order valence-electron chi connectivity index (χ2n) is 2.12. The molecule has 0 saturated heterocycles. The summed E-state index contributed by atoms with van der Waals surface area (Å²) in [7, 11) is 0.